The van der Waals surface area contributed by atoms with Crippen LogP contribution in [0.3, 0.4) is 0 Å². The van der Waals surface area contributed by atoms with Gasteiger partial charge in [-0.1, -0.05) is 30.9 Å². The number of ketones is 1. The minimum absolute atomic E-state index is 0.0666. The molecule has 0 spiro atoms. The van der Waals surface area contributed by atoms with Crippen LogP contribution < -0.4 is 0 Å². The van der Waals surface area contributed by atoms with Gasteiger partial charge in [-0.2, -0.15) is 0 Å². The molecule has 0 aliphatic heterocycles. The summed E-state index contributed by atoms with van der Waals surface area (Å²) >= 11 is 0. The smallest absolute Gasteiger partial charge is 0.152 e. The molecule has 0 unspecified atom stereocenters. The number of hydrogen-bond donors (Lipinski definition) is 0. The van der Waals surface area contributed by atoms with E-state index in [1.54, 1.807) is 19.1 Å². The lowest BCUT2D eigenvalue weighted by atomic mass is 10.1. The van der Waals surface area contributed by atoms with E-state index in [-0.39, 0.29) is 5.78 Å². The highest BCUT2D eigenvalue weighted by Gasteiger charge is 1.95. The zero-order valence-corrected chi connectivity index (χ0v) is 8.50. The third kappa shape index (κ3) is 4.96. The van der Waals surface area contributed by atoms with Crippen LogP contribution in [0.4, 0.5) is 0 Å². The Kier molecular flexibility index (Phi) is 5.53. The molecular weight excluding hydrogens is 160 g/mol. The summed E-state index contributed by atoms with van der Waals surface area (Å²) in [6.45, 7) is 9.02. The average molecular weight is 176 g/mol. The second kappa shape index (κ2) is 6.18. The largest absolute Gasteiger partial charge is 0.295 e. The normalized spacial score (nSPS) is 13.5. The lowest BCUT2D eigenvalue weighted by Crippen LogP contribution is -1.87. The Balaban J connectivity index is 4.85. The maximum Gasteiger partial charge on any atom is 0.152 e. The van der Waals surface area contributed by atoms with Crippen molar-refractivity contribution in [2.24, 2.45) is 0 Å². The molecule has 70 valence electrons. The number of hydrogen-bond acceptors (Lipinski definition) is 1. The quantitative estimate of drug-likeness (QED) is 0.475. The first-order valence-electron chi connectivity index (χ1n) is 4.26. The van der Waals surface area contributed by atoms with Gasteiger partial charge in [-0.3, -0.25) is 4.79 Å². The fourth-order valence-electron chi connectivity index (χ4n) is 1.01. The van der Waals surface area contributed by atoms with E-state index in [0.717, 1.165) is 11.1 Å². The van der Waals surface area contributed by atoms with Gasteiger partial charge in [-0.05, 0) is 38.0 Å². The Morgan fingerprint density at radius 2 is 1.92 bits per heavy atom. The molecule has 0 heterocycles. The lowest BCUT2D eigenvalue weighted by molar-refractivity contribution is -0.112. The first-order valence-corrected chi connectivity index (χ1v) is 4.26. The number of carbonyl (C=O) groups excluding carboxylic acids is 1. The van der Waals surface area contributed by atoms with E-state index in [1.807, 2.05) is 32.1 Å². The maximum absolute atomic E-state index is 10.8. The molecular formula is C12H16O. The summed E-state index contributed by atoms with van der Waals surface area (Å²) in [5.41, 5.74) is 1.98. The van der Waals surface area contributed by atoms with Crippen LogP contribution >= 0.6 is 0 Å². The first kappa shape index (κ1) is 11.6. The van der Waals surface area contributed by atoms with E-state index < -0.39 is 0 Å². The zero-order valence-electron chi connectivity index (χ0n) is 8.50. The summed E-state index contributed by atoms with van der Waals surface area (Å²) in [6.07, 6.45) is 9.11. The molecule has 0 radical (unpaired) electrons. The lowest BCUT2D eigenvalue weighted by Gasteiger charge is -1.99. The second-order valence-electron chi connectivity index (χ2n) is 2.80. The van der Waals surface area contributed by atoms with Crippen molar-refractivity contribution in [2.75, 3.05) is 0 Å². The molecule has 0 aromatic rings. The van der Waals surface area contributed by atoms with Crippen LogP contribution in [0.25, 0.3) is 0 Å². The molecule has 0 N–H and O–H groups in total. The van der Waals surface area contributed by atoms with Gasteiger partial charge in [0, 0.05) is 0 Å². The van der Waals surface area contributed by atoms with E-state index in [2.05, 4.69) is 6.58 Å². The molecule has 0 amide bonds. The monoisotopic (exact) mass is 176 g/mol. The molecule has 1 nitrogen and oxygen atoms in total. The van der Waals surface area contributed by atoms with Crippen LogP contribution in [0, 0.1) is 0 Å². The van der Waals surface area contributed by atoms with Gasteiger partial charge in [0.25, 0.3) is 0 Å². The van der Waals surface area contributed by atoms with E-state index in [4.69, 9.17) is 0 Å². The molecule has 0 bridgehead atoms. The Labute approximate surface area is 80.2 Å². The van der Waals surface area contributed by atoms with Gasteiger partial charge in [0.05, 0.1) is 0 Å². The standard InChI is InChI=1S/C12H16O/c1-5-7-12(8-6-2)10(3)9-11(4)13/h5-9H,1H2,2-4H3/b8-6-,10-9+,12-7+. The van der Waals surface area contributed by atoms with Crippen molar-refractivity contribution in [3.8, 4) is 0 Å². The van der Waals surface area contributed by atoms with Crippen LogP contribution in [0.2, 0.25) is 0 Å². The van der Waals surface area contributed by atoms with Gasteiger partial charge in [0.15, 0.2) is 5.78 Å². The zero-order chi connectivity index (χ0) is 10.3. The Bertz CT molecular complexity index is 277. The van der Waals surface area contributed by atoms with Gasteiger partial charge >= 0.3 is 0 Å². The number of rotatable bonds is 4. The van der Waals surface area contributed by atoms with Crippen LogP contribution in [0.15, 0.2) is 48.1 Å². The van der Waals surface area contributed by atoms with E-state index >= 15 is 0 Å². The fourth-order valence-corrected chi connectivity index (χ4v) is 1.01. The van der Waals surface area contributed by atoms with Crippen molar-refractivity contribution >= 4 is 5.78 Å². The molecule has 0 fully saturated rings. The average Bonchev–Trinajstić information content (AvgIpc) is 2.02. The van der Waals surface area contributed by atoms with Crippen molar-refractivity contribution in [1.82, 2.24) is 0 Å². The molecule has 0 saturated heterocycles. The minimum atomic E-state index is 0.0666. The van der Waals surface area contributed by atoms with Crippen LogP contribution in [-0.4, -0.2) is 5.78 Å². The molecule has 0 aromatic heterocycles. The van der Waals surface area contributed by atoms with E-state index in [0.29, 0.717) is 0 Å². The predicted octanol–water partition coefficient (Wildman–Crippen LogP) is 3.21. The highest BCUT2D eigenvalue weighted by molar-refractivity contribution is 5.88. The van der Waals surface area contributed by atoms with Crippen LogP contribution in [-0.2, 0) is 4.79 Å². The van der Waals surface area contributed by atoms with E-state index in [9.17, 15) is 4.79 Å². The molecule has 13 heavy (non-hydrogen) atoms. The van der Waals surface area contributed by atoms with Crippen molar-refractivity contribution in [2.45, 2.75) is 20.8 Å². The van der Waals surface area contributed by atoms with Gasteiger partial charge < -0.3 is 0 Å². The van der Waals surface area contributed by atoms with E-state index in [1.165, 1.54) is 0 Å². The predicted molar refractivity (Wildman–Crippen MR) is 57.5 cm³/mol. The van der Waals surface area contributed by atoms with Crippen LogP contribution in [0.5, 0.6) is 0 Å². The molecule has 0 aliphatic carbocycles. The van der Waals surface area contributed by atoms with Crippen molar-refractivity contribution in [1.29, 1.82) is 0 Å². The molecule has 0 aliphatic rings. The highest BCUT2D eigenvalue weighted by Crippen LogP contribution is 2.10. The minimum Gasteiger partial charge on any atom is -0.295 e. The number of carbonyl (C=O) groups is 1. The summed E-state index contributed by atoms with van der Waals surface area (Å²) in [5.74, 6) is 0.0666. The summed E-state index contributed by atoms with van der Waals surface area (Å²) < 4.78 is 0. The molecule has 0 atom stereocenters. The van der Waals surface area contributed by atoms with Gasteiger partial charge in [0.2, 0.25) is 0 Å². The maximum atomic E-state index is 10.8. The molecule has 0 saturated carbocycles. The summed E-state index contributed by atoms with van der Waals surface area (Å²) in [7, 11) is 0. The second-order valence-corrected chi connectivity index (χ2v) is 2.80. The number of allylic oxidation sites excluding steroid dienone is 7. The topological polar surface area (TPSA) is 17.1 Å². The highest BCUT2D eigenvalue weighted by atomic mass is 16.1. The summed E-state index contributed by atoms with van der Waals surface area (Å²) in [5, 5.41) is 0. The van der Waals surface area contributed by atoms with Crippen molar-refractivity contribution in [3.05, 3.63) is 48.1 Å². The van der Waals surface area contributed by atoms with Crippen molar-refractivity contribution < 1.29 is 4.79 Å². The summed E-state index contributed by atoms with van der Waals surface area (Å²) in [4.78, 5) is 10.8. The SMILES string of the molecule is C=C/C=C(\C=C/C)C(/C)=C/C(C)=O. The molecule has 1 heteroatoms. The van der Waals surface area contributed by atoms with Crippen molar-refractivity contribution in [3.63, 3.8) is 0 Å². The Hall–Kier alpha value is -1.37. The Morgan fingerprint density at radius 1 is 1.31 bits per heavy atom. The fraction of sp³-hybridized carbons (Fsp3) is 0.250. The third-order valence-electron chi connectivity index (χ3n) is 1.52. The molecule has 0 rings (SSSR count). The molecule has 0 aromatic carbocycles. The summed E-state index contributed by atoms with van der Waals surface area (Å²) in [6, 6.07) is 0. The van der Waals surface area contributed by atoms with Crippen LogP contribution in [0.1, 0.15) is 20.8 Å². The third-order valence-corrected chi connectivity index (χ3v) is 1.52. The first-order chi connectivity index (χ1) is 6.11. The van der Waals surface area contributed by atoms with Gasteiger partial charge in [0.1, 0.15) is 0 Å². The Morgan fingerprint density at radius 3 is 2.31 bits per heavy atom. The van der Waals surface area contributed by atoms with Gasteiger partial charge in [-0.15, -0.1) is 0 Å². The van der Waals surface area contributed by atoms with Gasteiger partial charge in [-0.25, -0.2) is 0 Å².